The molecule has 30 heavy (non-hydrogen) atoms. The van der Waals surface area contributed by atoms with Gasteiger partial charge in [0.25, 0.3) is 0 Å². The first-order chi connectivity index (χ1) is 14.1. The smallest absolute Gasteiger partial charge is 0.308 e. The zero-order chi connectivity index (χ0) is 20.6. The first-order valence-corrected chi connectivity index (χ1v) is 10.5. The SMILES string of the molecule is CN=C(NCC(c1ccc(C)cc1)N1CCOCC1)N1CCC(C(=O)OC)CC1.I. The highest BCUT2D eigenvalue weighted by Gasteiger charge is 2.28. The van der Waals surface area contributed by atoms with Crippen LogP contribution >= 0.6 is 24.0 Å². The van der Waals surface area contributed by atoms with Crippen molar-refractivity contribution in [3.05, 3.63) is 35.4 Å². The lowest BCUT2D eigenvalue weighted by atomic mass is 9.97. The highest BCUT2D eigenvalue weighted by Crippen LogP contribution is 2.23. The minimum absolute atomic E-state index is 0. The molecule has 0 amide bonds. The Balaban J connectivity index is 0.00000320. The number of piperidine rings is 1. The Hall–Kier alpha value is -1.39. The van der Waals surface area contributed by atoms with E-state index in [-0.39, 0.29) is 41.9 Å². The molecular weight excluding hydrogens is 495 g/mol. The van der Waals surface area contributed by atoms with E-state index in [1.165, 1.54) is 18.2 Å². The number of hydrogen-bond acceptors (Lipinski definition) is 5. The Morgan fingerprint density at radius 1 is 1.20 bits per heavy atom. The average molecular weight is 530 g/mol. The van der Waals surface area contributed by atoms with Gasteiger partial charge in [-0.3, -0.25) is 14.7 Å². The van der Waals surface area contributed by atoms with Crippen molar-refractivity contribution in [3.8, 4) is 0 Å². The molecule has 7 nitrogen and oxygen atoms in total. The number of guanidine groups is 1. The van der Waals surface area contributed by atoms with Gasteiger partial charge >= 0.3 is 5.97 Å². The van der Waals surface area contributed by atoms with Gasteiger partial charge in [0.2, 0.25) is 0 Å². The van der Waals surface area contributed by atoms with Gasteiger partial charge in [-0.05, 0) is 25.3 Å². The molecule has 2 aliphatic rings. The normalized spacial score (nSPS) is 19.7. The van der Waals surface area contributed by atoms with Crippen molar-refractivity contribution < 1.29 is 14.3 Å². The molecule has 1 N–H and O–H groups in total. The van der Waals surface area contributed by atoms with Crippen molar-refractivity contribution in [1.82, 2.24) is 15.1 Å². The second-order valence-electron chi connectivity index (χ2n) is 7.79. The van der Waals surface area contributed by atoms with E-state index in [1.807, 2.05) is 7.05 Å². The van der Waals surface area contributed by atoms with E-state index in [9.17, 15) is 4.79 Å². The van der Waals surface area contributed by atoms with Crippen LogP contribution in [0.3, 0.4) is 0 Å². The summed E-state index contributed by atoms with van der Waals surface area (Å²) >= 11 is 0. The maximum Gasteiger partial charge on any atom is 0.308 e. The highest BCUT2D eigenvalue weighted by atomic mass is 127. The molecule has 8 heteroatoms. The van der Waals surface area contributed by atoms with Gasteiger partial charge in [-0.25, -0.2) is 0 Å². The van der Waals surface area contributed by atoms with Crippen molar-refractivity contribution in [2.45, 2.75) is 25.8 Å². The fourth-order valence-electron chi connectivity index (χ4n) is 4.15. The Bertz CT molecular complexity index is 684. The number of esters is 1. The molecule has 2 fully saturated rings. The van der Waals surface area contributed by atoms with Crippen LogP contribution in [0.4, 0.5) is 0 Å². The van der Waals surface area contributed by atoms with E-state index in [2.05, 4.69) is 51.3 Å². The van der Waals surface area contributed by atoms with E-state index in [0.29, 0.717) is 0 Å². The number of likely N-dealkylation sites (tertiary alicyclic amines) is 1. The van der Waals surface area contributed by atoms with Crippen LogP contribution < -0.4 is 5.32 Å². The Morgan fingerprint density at radius 2 is 1.83 bits per heavy atom. The maximum atomic E-state index is 11.8. The van der Waals surface area contributed by atoms with Crippen LogP contribution in [0.1, 0.15) is 30.0 Å². The molecule has 3 rings (SSSR count). The molecule has 168 valence electrons. The first kappa shape index (κ1) is 24.9. The standard InChI is InChI=1S/C22H34N4O3.HI/c1-17-4-6-18(7-5-17)20(25-12-14-29-15-13-25)16-24-22(23-2)26-10-8-19(9-11-26)21(27)28-3;/h4-7,19-20H,8-16H2,1-3H3,(H,23,24);1H. The number of carbonyl (C=O) groups excluding carboxylic acids is 1. The lowest BCUT2D eigenvalue weighted by Crippen LogP contribution is -2.49. The number of hydrogen-bond donors (Lipinski definition) is 1. The van der Waals surface area contributed by atoms with Crippen LogP contribution in [-0.2, 0) is 14.3 Å². The summed E-state index contributed by atoms with van der Waals surface area (Å²) in [7, 11) is 3.29. The van der Waals surface area contributed by atoms with Gasteiger partial charge < -0.3 is 19.7 Å². The van der Waals surface area contributed by atoms with Crippen LogP contribution in [0.2, 0.25) is 0 Å². The summed E-state index contributed by atoms with van der Waals surface area (Å²) in [5.41, 5.74) is 2.58. The fraction of sp³-hybridized carbons (Fsp3) is 0.636. The number of rotatable bonds is 5. The van der Waals surface area contributed by atoms with Crippen LogP contribution in [0.15, 0.2) is 29.3 Å². The number of halogens is 1. The number of methoxy groups -OCH3 is 1. The summed E-state index contributed by atoms with van der Waals surface area (Å²) in [5, 5.41) is 3.58. The number of nitrogens with zero attached hydrogens (tertiary/aromatic N) is 3. The van der Waals surface area contributed by atoms with Crippen molar-refractivity contribution in [2.24, 2.45) is 10.9 Å². The minimum atomic E-state index is -0.0978. The molecule has 1 aromatic carbocycles. The number of aryl methyl sites for hydroxylation is 1. The quantitative estimate of drug-likeness (QED) is 0.273. The second-order valence-corrected chi connectivity index (χ2v) is 7.79. The van der Waals surface area contributed by atoms with Crippen molar-refractivity contribution >= 4 is 35.9 Å². The van der Waals surface area contributed by atoms with Crippen LogP contribution in [0, 0.1) is 12.8 Å². The summed E-state index contributed by atoms with van der Waals surface area (Å²) in [5.74, 6) is 0.807. The molecule has 1 unspecified atom stereocenters. The summed E-state index contributed by atoms with van der Waals surface area (Å²) in [6.07, 6.45) is 1.61. The lowest BCUT2D eigenvalue weighted by Gasteiger charge is -2.37. The third-order valence-corrected chi connectivity index (χ3v) is 5.94. The van der Waals surface area contributed by atoms with E-state index in [4.69, 9.17) is 9.47 Å². The van der Waals surface area contributed by atoms with Gasteiger partial charge in [-0.2, -0.15) is 0 Å². The molecule has 2 saturated heterocycles. The predicted octanol–water partition coefficient (Wildman–Crippen LogP) is 2.45. The van der Waals surface area contributed by atoms with Crippen molar-refractivity contribution in [1.29, 1.82) is 0 Å². The lowest BCUT2D eigenvalue weighted by molar-refractivity contribution is -0.146. The van der Waals surface area contributed by atoms with E-state index < -0.39 is 0 Å². The van der Waals surface area contributed by atoms with E-state index >= 15 is 0 Å². The number of carbonyl (C=O) groups is 1. The van der Waals surface area contributed by atoms with Crippen molar-refractivity contribution in [2.75, 3.05) is 60.1 Å². The molecule has 1 atom stereocenters. The zero-order valence-corrected chi connectivity index (χ0v) is 20.6. The van der Waals surface area contributed by atoms with Gasteiger partial charge in [0.1, 0.15) is 0 Å². The predicted molar refractivity (Wildman–Crippen MR) is 129 cm³/mol. The second kappa shape index (κ2) is 12.5. The molecule has 0 aliphatic carbocycles. The molecule has 0 aromatic heterocycles. The molecule has 0 radical (unpaired) electrons. The average Bonchev–Trinajstić information content (AvgIpc) is 2.78. The number of nitrogens with one attached hydrogen (secondary N) is 1. The number of ether oxygens (including phenoxy) is 2. The van der Waals surface area contributed by atoms with Crippen LogP contribution in [0.25, 0.3) is 0 Å². The Morgan fingerprint density at radius 3 is 2.40 bits per heavy atom. The Labute approximate surface area is 197 Å². The molecule has 2 aliphatic heterocycles. The zero-order valence-electron chi connectivity index (χ0n) is 18.3. The summed E-state index contributed by atoms with van der Waals surface area (Å²) in [6, 6.07) is 9.07. The third-order valence-electron chi connectivity index (χ3n) is 5.94. The van der Waals surface area contributed by atoms with Gasteiger partial charge in [0.15, 0.2) is 5.96 Å². The monoisotopic (exact) mass is 530 g/mol. The largest absolute Gasteiger partial charge is 0.469 e. The molecule has 0 spiro atoms. The Kier molecular flexibility index (Phi) is 10.3. The van der Waals surface area contributed by atoms with Crippen molar-refractivity contribution in [3.63, 3.8) is 0 Å². The highest BCUT2D eigenvalue weighted by molar-refractivity contribution is 14.0. The third kappa shape index (κ3) is 6.55. The molecule has 0 saturated carbocycles. The molecular formula is C22H35IN4O3. The first-order valence-electron chi connectivity index (χ1n) is 10.5. The fourth-order valence-corrected chi connectivity index (χ4v) is 4.15. The van der Waals surface area contributed by atoms with Gasteiger partial charge in [0, 0.05) is 39.8 Å². The van der Waals surface area contributed by atoms with Gasteiger partial charge in [0.05, 0.1) is 32.3 Å². The topological polar surface area (TPSA) is 66.4 Å². The molecule has 2 heterocycles. The molecule has 1 aromatic rings. The van der Waals surface area contributed by atoms with E-state index in [0.717, 1.165) is 64.7 Å². The van der Waals surface area contributed by atoms with Crippen LogP contribution in [0.5, 0.6) is 0 Å². The van der Waals surface area contributed by atoms with Crippen LogP contribution in [-0.4, -0.2) is 81.8 Å². The summed E-state index contributed by atoms with van der Waals surface area (Å²) in [4.78, 5) is 21.0. The van der Waals surface area contributed by atoms with E-state index in [1.54, 1.807) is 0 Å². The summed E-state index contributed by atoms with van der Waals surface area (Å²) < 4.78 is 10.4. The maximum absolute atomic E-state index is 11.8. The molecule has 0 bridgehead atoms. The summed E-state index contributed by atoms with van der Waals surface area (Å²) in [6.45, 7) is 7.94. The minimum Gasteiger partial charge on any atom is -0.469 e. The number of benzene rings is 1. The van der Waals surface area contributed by atoms with Gasteiger partial charge in [-0.15, -0.1) is 24.0 Å². The van der Waals surface area contributed by atoms with Gasteiger partial charge in [-0.1, -0.05) is 29.8 Å². The number of aliphatic imine (C=N–C) groups is 1. The number of morpholine rings is 1.